The quantitative estimate of drug-likeness (QED) is 0.877. The molecule has 0 aliphatic carbocycles. The molecule has 0 atom stereocenters. The Morgan fingerprint density at radius 3 is 2.81 bits per heavy atom. The highest BCUT2D eigenvalue weighted by molar-refractivity contribution is 6.30. The van der Waals surface area contributed by atoms with Crippen molar-refractivity contribution in [3.8, 4) is 5.69 Å². The van der Waals surface area contributed by atoms with Crippen LogP contribution >= 0.6 is 11.6 Å². The van der Waals surface area contributed by atoms with Crippen LogP contribution in [-0.4, -0.2) is 20.9 Å². The van der Waals surface area contributed by atoms with Crippen LogP contribution in [0.5, 0.6) is 0 Å². The van der Waals surface area contributed by atoms with Gasteiger partial charge < -0.3 is 5.11 Å². The summed E-state index contributed by atoms with van der Waals surface area (Å²) in [5.41, 5.74) is -0.0422. The minimum absolute atomic E-state index is 0.0372. The lowest BCUT2D eigenvalue weighted by Gasteiger charge is -2.03. The van der Waals surface area contributed by atoms with Gasteiger partial charge in [0.15, 0.2) is 11.5 Å². The van der Waals surface area contributed by atoms with Gasteiger partial charge in [0.2, 0.25) is 0 Å². The average Bonchev–Trinajstić information content (AvgIpc) is 2.71. The van der Waals surface area contributed by atoms with Crippen LogP contribution in [0, 0.1) is 5.82 Å². The lowest BCUT2D eigenvalue weighted by molar-refractivity contribution is 0.0690. The summed E-state index contributed by atoms with van der Waals surface area (Å²) < 4.78 is 14.7. The van der Waals surface area contributed by atoms with Crippen LogP contribution in [-0.2, 0) is 0 Å². The summed E-state index contributed by atoms with van der Waals surface area (Å²) in [5, 5.41) is 12.3. The topological polar surface area (TPSA) is 55.1 Å². The highest BCUT2D eigenvalue weighted by Gasteiger charge is 2.12. The summed E-state index contributed by atoms with van der Waals surface area (Å²) in [6.45, 7) is 0. The lowest BCUT2D eigenvalue weighted by Crippen LogP contribution is -2.02. The van der Waals surface area contributed by atoms with Gasteiger partial charge in [0.25, 0.3) is 0 Å². The fraction of sp³-hybridized carbons (Fsp3) is 0. The van der Waals surface area contributed by atoms with E-state index in [-0.39, 0.29) is 16.4 Å². The highest BCUT2D eigenvalue weighted by atomic mass is 35.5. The molecule has 0 spiro atoms. The first-order valence-electron chi connectivity index (χ1n) is 4.33. The van der Waals surface area contributed by atoms with Gasteiger partial charge in [-0.2, -0.15) is 5.10 Å². The first kappa shape index (κ1) is 10.6. The number of carboxylic acid groups (broad SMARTS) is 1. The second-order valence-electron chi connectivity index (χ2n) is 3.02. The SMILES string of the molecule is O=C(O)c1ccn(-c2cccc(Cl)c2F)n1. The summed E-state index contributed by atoms with van der Waals surface area (Å²) in [6.07, 6.45) is 1.36. The Morgan fingerprint density at radius 1 is 1.44 bits per heavy atom. The van der Waals surface area contributed by atoms with E-state index in [1.807, 2.05) is 0 Å². The summed E-state index contributed by atoms with van der Waals surface area (Å²) >= 11 is 5.60. The third kappa shape index (κ3) is 1.77. The Bertz CT molecular complexity index is 554. The molecule has 0 radical (unpaired) electrons. The number of hydrogen-bond donors (Lipinski definition) is 1. The van der Waals surface area contributed by atoms with Gasteiger partial charge in [-0.15, -0.1) is 0 Å². The molecule has 2 rings (SSSR count). The van der Waals surface area contributed by atoms with E-state index in [2.05, 4.69) is 5.10 Å². The maximum absolute atomic E-state index is 13.6. The summed E-state index contributed by atoms with van der Waals surface area (Å²) in [6, 6.07) is 5.70. The van der Waals surface area contributed by atoms with Gasteiger partial charge in [-0.1, -0.05) is 17.7 Å². The number of hydrogen-bond acceptors (Lipinski definition) is 2. The zero-order chi connectivity index (χ0) is 11.7. The molecule has 4 nitrogen and oxygen atoms in total. The normalized spacial score (nSPS) is 10.4. The largest absolute Gasteiger partial charge is 0.476 e. The van der Waals surface area contributed by atoms with Crippen molar-refractivity contribution in [1.82, 2.24) is 9.78 Å². The van der Waals surface area contributed by atoms with E-state index in [1.54, 1.807) is 6.07 Å². The van der Waals surface area contributed by atoms with Crippen LogP contribution in [0.15, 0.2) is 30.5 Å². The highest BCUT2D eigenvalue weighted by Crippen LogP contribution is 2.20. The number of aromatic carboxylic acids is 1. The Balaban J connectivity index is 2.50. The summed E-state index contributed by atoms with van der Waals surface area (Å²) in [5.74, 6) is -1.80. The van der Waals surface area contributed by atoms with Gasteiger partial charge in [-0.25, -0.2) is 13.9 Å². The average molecular weight is 241 g/mol. The van der Waals surface area contributed by atoms with E-state index in [9.17, 15) is 9.18 Å². The predicted molar refractivity (Wildman–Crippen MR) is 55.5 cm³/mol. The van der Waals surface area contributed by atoms with E-state index < -0.39 is 11.8 Å². The molecule has 0 aliphatic rings. The zero-order valence-electron chi connectivity index (χ0n) is 7.89. The Kier molecular flexibility index (Phi) is 2.62. The number of carbonyl (C=O) groups is 1. The molecule has 1 N–H and O–H groups in total. The van der Waals surface area contributed by atoms with Crippen LogP contribution in [0.2, 0.25) is 5.02 Å². The number of aromatic nitrogens is 2. The van der Waals surface area contributed by atoms with Gasteiger partial charge in [0.05, 0.1) is 5.02 Å². The molecule has 82 valence electrons. The van der Waals surface area contributed by atoms with E-state index >= 15 is 0 Å². The molecule has 2 aromatic rings. The lowest BCUT2D eigenvalue weighted by atomic mass is 10.3. The molecular weight excluding hydrogens is 235 g/mol. The van der Waals surface area contributed by atoms with Crippen molar-refractivity contribution in [2.75, 3.05) is 0 Å². The van der Waals surface area contributed by atoms with Crippen molar-refractivity contribution >= 4 is 17.6 Å². The maximum atomic E-state index is 13.6. The fourth-order valence-electron chi connectivity index (χ4n) is 1.24. The smallest absolute Gasteiger partial charge is 0.356 e. The van der Waals surface area contributed by atoms with Crippen molar-refractivity contribution in [2.45, 2.75) is 0 Å². The standard InChI is InChI=1S/C10H6ClFN2O2/c11-6-2-1-3-8(9(6)12)14-5-4-7(13-14)10(15)16/h1-5H,(H,15,16). The molecule has 1 aromatic carbocycles. The monoisotopic (exact) mass is 240 g/mol. The van der Waals surface area contributed by atoms with Gasteiger partial charge >= 0.3 is 5.97 Å². The number of carboxylic acids is 1. The van der Waals surface area contributed by atoms with Crippen molar-refractivity contribution in [2.24, 2.45) is 0 Å². The molecule has 6 heteroatoms. The van der Waals surface area contributed by atoms with Gasteiger partial charge in [0.1, 0.15) is 5.69 Å². The molecule has 0 saturated heterocycles. The van der Waals surface area contributed by atoms with Crippen LogP contribution < -0.4 is 0 Å². The Labute approximate surface area is 94.9 Å². The van der Waals surface area contributed by atoms with Crippen LogP contribution in [0.1, 0.15) is 10.5 Å². The number of rotatable bonds is 2. The first-order chi connectivity index (χ1) is 7.59. The minimum Gasteiger partial charge on any atom is -0.476 e. The fourth-order valence-corrected chi connectivity index (χ4v) is 1.41. The molecule has 0 aliphatic heterocycles. The molecule has 0 amide bonds. The van der Waals surface area contributed by atoms with Crippen molar-refractivity contribution < 1.29 is 14.3 Å². The molecule has 16 heavy (non-hydrogen) atoms. The van der Waals surface area contributed by atoms with Crippen molar-refractivity contribution in [3.05, 3.63) is 47.0 Å². The third-order valence-corrected chi connectivity index (χ3v) is 2.28. The van der Waals surface area contributed by atoms with Crippen LogP contribution in [0.4, 0.5) is 4.39 Å². The van der Waals surface area contributed by atoms with Gasteiger partial charge in [-0.3, -0.25) is 0 Å². The molecular formula is C10H6ClFN2O2. The van der Waals surface area contributed by atoms with E-state index in [0.29, 0.717) is 0 Å². The predicted octanol–water partition coefficient (Wildman–Crippen LogP) is 2.36. The minimum atomic E-state index is -1.17. The van der Waals surface area contributed by atoms with Crippen molar-refractivity contribution in [1.29, 1.82) is 0 Å². The van der Waals surface area contributed by atoms with Crippen LogP contribution in [0.25, 0.3) is 5.69 Å². The molecule has 1 aromatic heterocycles. The molecule has 1 heterocycles. The Hall–Kier alpha value is -1.88. The summed E-state index contributed by atoms with van der Waals surface area (Å²) in [4.78, 5) is 10.6. The first-order valence-corrected chi connectivity index (χ1v) is 4.71. The summed E-state index contributed by atoms with van der Waals surface area (Å²) in [7, 11) is 0. The van der Waals surface area contributed by atoms with Crippen molar-refractivity contribution in [3.63, 3.8) is 0 Å². The second kappa shape index (κ2) is 3.94. The van der Waals surface area contributed by atoms with Gasteiger partial charge in [0, 0.05) is 6.20 Å². The zero-order valence-corrected chi connectivity index (χ0v) is 8.65. The Morgan fingerprint density at radius 2 is 2.19 bits per heavy atom. The number of halogens is 2. The molecule has 0 fully saturated rings. The van der Waals surface area contributed by atoms with E-state index in [4.69, 9.17) is 16.7 Å². The second-order valence-corrected chi connectivity index (χ2v) is 3.43. The number of nitrogens with zero attached hydrogens (tertiary/aromatic N) is 2. The van der Waals surface area contributed by atoms with E-state index in [0.717, 1.165) is 4.68 Å². The van der Waals surface area contributed by atoms with Crippen LogP contribution in [0.3, 0.4) is 0 Å². The molecule has 0 saturated carbocycles. The van der Waals surface area contributed by atoms with E-state index in [1.165, 1.54) is 24.4 Å². The molecule has 0 bridgehead atoms. The molecule has 0 unspecified atom stereocenters. The number of benzene rings is 1. The third-order valence-electron chi connectivity index (χ3n) is 1.99. The van der Waals surface area contributed by atoms with Gasteiger partial charge in [-0.05, 0) is 18.2 Å². The maximum Gasteiger partial charge on any atom is 0.356 e.